The first kappa shape index (κ1) is 11.9. The molecule has 0 atom stereocenters. The lowest BCUT2D eigenvalue weighted by Crippen LogP contribution is -2.13. The van der Waals surface area contributed by atoms with Gasteiger partial charge in [0, 0.05) is 0 Å². The SMILES string of the molecule is Cc1nc(OCc2ccccc2)[nH]c(=O)c1Br. The highest BCUT2D eigenvalue weighted by Crippen LogP contribution is 2.11. The van der Waals surface area contributed by atoms with Gasteiger partial charge in [0.1, 0.15) is 11.1 Å². The zero-order valence-electron chi connectivity index (χ0n) is 9.24. The number of rotatable bonds is 3. The monoisotopic (exact) mass is 294 g/mol. The number of ether oxygens (including phenoxy) is 1. The quantitative estimate of drug-likeness (QED) is 0.946. The molecule has 0 fully saturated rings. The molecule has 17 heavy (non-hydrogen) atoms. The van der Waals surface area contributed by atoms with Crippen LogP contribution in [0.3, 0.4) is 0 Å². The summed E-state index contributed by atoms with van der Waals surface area (Å²) in [6.07, 6.45) is 0. The van der Waals surface area contributed by atoms with Crippen molar-refractivity contribution in [3.05, 3.63) is 56.4 Å². The highest BCUT2D eigenvalue weighted by atomic mass is 79.9. The molecular formula is C12H11BrN2O2. The molecule has 88 valence electrons. The van der Waals surface area contributed by atoms with Crippen LogP contribution in [0.2, 0.25) is 0 Å². The van der Waals surface area contributed by atoms with Gasteiger partial charge in [0.25, 0.3) is 11.6 Å². The smallest absolute Gasteiger partial charge is 0.297 e. The Morgan fingerprint density at radius 3 is 2.71 bits per heavy atom. The van der Waals surface area contributed by atoms with Gasteiger partial charge in [-0.3, -0.25) is 9.78 Å². The fraction of sp³-hybridized carbons (Fsp3) is 0.167. The largest absolute Gasteiger partial charge is 0.460 e. The van der Waals surface area contributed by atoms with Crippen molar-refractivity contribution in [3.63, 3.8) is 0 Å². The fourth-order valence-corrected chi connectivity index (χ4v) is 1.53. The van der Waals surface area contributed by atoms with Crippen LogP contribution in [-0.4, -0.2) is 9.97 Å². The van der Waals surface area contributed by atoms with Crippen LogP contribution in [0, 0.1) is 6.92 Å². The summed E-state index contributed by atoms with van der Waals surface area (Å²) in [5.41, 5.74) is 1.40. The van der Waals surface area contributed by atoms with Crippen molar-refractivity contribution < 1.29 is 4.74 Å². The molecule has 0 amide bonds. The molecule has 0 bridgehead atoms. The summed E-state index contributed by atoms with van der Waals surface area (Å²) in [5.74, 6) is 0. The number of nitrogens with one attached hydrogen (secondary N) is 1. The van der Waals surface area contributed by atoms with E-state index in [9.17, 15) is 4.79 Å². The van der Waals surface area contributed by atoms with E-state index in [1.807, 2.05) is 30.3 Å². The molecule has 0 spiro atoms. The Kier molecular flexibility index (Phi) is 3.58. The van der Waals surface area contributed by atoms with E-state index in [1.54, 1.807) is 6.92 Å². The second-order valence-electron chi connectivity index (χ2n) is 3.54. The number of hydrogen-bond donors (Lipinski definition) is 1. The molecule has 4 nitrogen and oxygen atoms in total. The van der Waals surface area contributed by atoms with E-state index < -0.39 is 0 Å². The molecule has 0 saturated carbocycles. The van der Waals surface area contributed by atoms with Crippen LogP contribution >= 0.6 is 15.9 Å². The predicted molar refractivity (Wildman–Crippen MR) is 68.1 cm³/mol. The molecule has 2 rings (SSSR count). The van der Waals surface area contributed by atoms with E-state index in [0.717, 1.165) is 5.56 Å². The summed E-state index contributed by atoms with van der Waals surface area (Å²) in [4.78, 5) is 18.1. The molecule has 1 aromatic heterocycles. The van der Waals surface area contributed by atoms with Crippen LogP contribution in [0.15, 0.2) is 39.6 Å². The van der Waals surface area contributed by atoms with Gasteiger partial charge in [0.05, 0.1) is 5.69 Å². The van der Waals surface area contributed by atoms with E-state index in [0.29, 0.717) is 16.8 Å². The van der Waals surface area contributed by atoms with Crippen LogP contribution in [0.25, 0.3) is 0 Å². The summed E-state index contributed by atoms with van der Waals surface area (Å²) >= 11 is 3.15. The zero-order chi connectivity index (χ0) is 12.3. The summed E-state index contributed by atoms with van der Waals surface area (Å²) in [7, 11) is 0. The molecule has 1 N–H and O–H groups in total. The van der Waals surface area contributed by atoms with Gasteiger partial charge in [-0.15, -0.1) is 0 Å². The number of aryl methyl sites for hydroxylation is 1. The maximum atomic E-state index is 11.4. The molecule has 5 heteroatoms. The van der Waals surface area contributed by atoms with Crippen molar-refractivity contribution in [2.75, 3.05) is 0 Å². The third-order valence-corrected chi connectivity index (χ3v) is 3.16. The lowest BCUT2D eigenvalue weighted by atomic mass is 10.2. The van der Waals surface area contributed by atoms with Gasteiger partial charge in [-0.25, -0.2) is 4.98 Å². The molecule has 1 aromatic carbocycles. The molecule has 0 aliphatic rings. The van der Waals surface area contributed by atoms with Crippen molar-refractivity contribution in [2.45, 2.75) is 13.5 Å². The van der Waals surface area contributed by atoms with E-state index in [4.69, 9.17) is 4.74 Å². The summed E-state index contributed by atoms with van der Waals surface area (Å²) in [6, 6.07) is 9.93. The number of nitrogens with zero attached hydrogens (tertiary/aromatic N) is 1. The lowest BCUT2D eigenvalue weighted by Gasteiger charge is -2.06. The molecule has 0 radical (unpaired) electrons. The molecular weight excluding hydrogens is 284 g/mol. The first-order chi connectivity index (χ1) is 8.16. The Morgan fingerprint density at radius 1 is 1.35 bits per heavy atom. The second-order valence-corrected chi connectivity index (χ2v) is 4.34. The Morgan fingerprint density at radius 2 is 2.06 bits per heavy atom. The molecule has 1 heterocycles. The normalized spacial score (nSPS) is 10.2. The molecule has 0 unspecified atom stereocenters. The van der Waals surface area contributed by atoms with Crippen molar-refractivity contribution in [1.82, 2.24) is 9.97 Å². The minimum absolute atomic E-state index is 0.236. The summed E-state index contributed by atoms with van der Waals surface area (Å²) < 4.78 is 5.86. The van der Waals surface area contributed by atoms with E-state index in [1.165, 1.54) is 0 Å². The third kappa shape index (κ3) is 2.94. The average Bonchev–Trinajstić information content (AvgIpc) is 2.34. The van der Waals surface area contributed by atoms with Crippen LogP contribution in [-0.2, 0) is 6.61 Å². The summed E-state index contributed by atoms with van der Waals surface area (Å²) in [6.45, 7) is 2.12. The Bertz CT molecular complexity index is 566. The van der Waals surface area contributed by atoms with E-state index in [-0.39, 0.29) is 11.6 Å². The number of hydrogen-bond acceptors (Lipinski definition) is 3. The number of benzene rings is 1. The van der Waals surface area contributed by atoms with Crippen LogP contribution in [0.5, 0.6) is 6.01 Å². The standard InChI is InChI=1S/C12H11BrN2O2/c1-8-10(13)11(16)15-12(14-8)17-7-9-5-3-2-4-6-9/h2-6H,7H2,1H3,(H,14,15,16). The maximum Gasteiger partial charge on any atom is 0.297 e. The van der Waals surface area contributed by atoms with Crippen molar-refractivity contribution in [1.29, 1.82) is 0 Å². The molecule has 2 aromatic rings. The van der Waals surface area contributed by atoms with Gasteiger partial charge in [0.2, 0.25) is 0 Å². The van der Waals surface area contributed by atoms with Crippen LogP contribution in [0.1, 0.15) is 11.3 Å². The topological polar surface area (TPSA) is 55.0 Å². The molecule has 0 saturated heterocycles. The van der Waals surface area contributed by atoms with Gasteiger partial charge in [-0.1, -0.05) is 30.3 Å². The lowest BCUT2D eigenvalue weighted by molar-refractivity contribution is 0.279. The fourth-order valence-electron chi connectivity index (χ4n) is 1.34. The highest BCUT2D eigenvalue weighted by molar-refractivity contribution is 9.10. The Hall–Kier alpha value is -1.62. The first-order valence-electron chi connectivity index (χ1n) is 5.10. The maximum absolute atomic E-state index is 11.4. The van der Waals surface area contributed by atoms with Crippen molar-refractivity contribution >= 4 is 15.9 Å². The summed E-state index contributed by atoms with van der Waals surface area (Å²) in [5, 5.41) is 0. The highest BCUT2D eigenvalue weighted by Gasteiger charge is 2.05. The zero-order valence-corrected chi connectivity index (χ0v) is 10.8. The Labute approximate surface area is 107 Å². The number of aromatic nitrogens is 2. The number of halogens is 1. The third-order valence-electron chi connectivity index (χ3n) is 2.23. The average molecular weight is 295 g/mol. The van der Waals surface area contributed by atoms with Crippen molar-refractivity contribution in [2.24, 2.45) is 0 Å². The molecule has 0 aliphatic carbocycles. The van der Waals surface area contributed by atoms with E-state index in [2.05, 4.69) is 25.9 Å². The van der Waals surface area contributed by atoms with Gasteiger partial charge < -0.3 is 4.74 Å². The number of H-pyrrole nitrogens is 1. The minimum atomic E-state index is -0.236. The first-order valence-corrected chi connectivity index (χ1v) is 5.89. The second kappa shape index (κ2) is 5.14. The predicted octanol–water partition coefficient (Wildman–Crippen LogP) is 2.42. The minimum Gasteiger partial charge on any atom is -0.460 e. The van der Waals surface area contributed by atoms with Crippen LogP contribution in [0.4, 0.5) is 0 Å². The van der Waals surface area contributed by atoms with E-state index >= 15 is 0 Å². The van der Waals surface area contributed by atoms with Gasteiger partial charge in [-0.05, 0) is 28.4 Å². The van der Waals surface area contributed by atoms with Crippen molar-refractivity contribution in [3.8, 4) is 6.01 Å². The number of aromatic amines is 1. The van der Waals surface area contributed by atoms with Crippen LogP contribution < -0.4 is 10.3 Å². The van der Waals surface area contributed by atoms with Gasteiger partial charge >= 0.3 is 0 Å². The van der Waals surface area contributed by atoms with Gasteiger partial charge in [-0.2, -0.15) is 0 Å². The van der Waals surface area contributed by atoms with Gasteiger partial charge in [0.15, 0.2) is 0 Å². The Balaban J connectivity index is 2.13. The molecule has 0 aliphatic heterocycles.